The zero-order valence-corrected chi connectivity index (χ0v) is 10.9. The van der Waals surface area contributed by atoms with Crippen LogP contribution in [0.2, 0.25) is 0 Å². The zero-order valence-electron chi connectivity index (χ0n) is 10.9. The molecule has 2 aromatic heterocycles. The Hall–Kier alpha value is -2.49. The normalized spacial score (nSPS) is 10.8. The highest BCUT2D eigenvalue weighted by Crippen LogP contribution is 2.31. The van der Waals surface area contributed by atoms with Crippen LogP contribution in [-0.4, -0.2) is 29.2 Å². The van der Waals surface area contributed by atoms with Crippen molar-refractivity contribution in [2.75, 3.05) is 19.0 Å². The Bertz CT molecular complexity index is 731. The van der Waals surface area contributed by atoms with Crippen molar-refractivity contribution in [1.29, 1.82) is 0 Å². The van der Waals surface area contributed by atoms with Crippen LogP contribution in [0, 0.1) is 0 Å². The summed E-state index contributed by atoms with van der Waals surface area (Å²) in [6, 6.07) is 9.71. The predicted molar refractivity (Wildman–Crippen MR) is 77.5 cm³/mol. The minimum absolute atomic E-state index is 0.275. The number of hydrogen-bond donors (Lipinski definition) is 2. The molecule has 4 heteroatoms. The van der Waals surface area contributed by atoms with E-state index in [2.05, 4.69) is 16.0 Å². The van der Waals surface area contributed by atoms with Gasteiger partial charge in [0.15, 0.2) is 0 Å². The highest BCUT2D eigenvalue weighted by atomic mass is 16.3. The van der Waals surface area contributed by atoms with E-state index in [9.17, 15) is 5.11 Å². The van der Waals surface area contributed by atoms with Gasteiger partial charge in [0.2, 0.25) is 0 Å². The van der Waals surface area contributed by atoms with Gasteiger partial charge >= 0.3 is 0 Å². The number of rotatable bonds is 2. The monoisotopic (exact) mass is 253 g/mol. The number of fused-ring (bicyclic) bond motifs is 1. The van der Waals surface area contributed by atoms with Crippen LogP contribution < -0.4 is 4.90 Å². The van der Waals surface area contributed by atoms with Crippen LogP contribution in [0.4, 0.5) is 5.69 Å². The largest absolute Gasteiger partial charge is 0.506 e. The number of nitrogens with zero attached hydrogens (tertiary/aromatic N) is 2. The Morgan fingerprint density at radius 3 is 2.68 bits per heavy atom. The fourth-order valence-electron chi connectivity index (χ4n) is 2.18. The maximum absolute atomic E-state index is 10.0. The van der Waals surface area contributed by atoms with Crippen molar-refractivity contribution in [3.05, 3.63) is 42.7 Å². The first kappa shape index (κ1) is 11.6. The Morgan fingerprint density at radius 2 is 1.95 bits per heavy atom. The molecule has 0 bridgehead atoms. The van der Waals surface area contributed by atoms with Crippen molar-refractivity contribution in [1.82, 2.24) is 9.97 Å². The maximum atomic E-state index is 10.0. The molecule has 3 rings (SSSR count). The second kappa shape index (κ2) is 4.31. The lowest BCUT2D eigenvalue weighted by Gasteiger charge is -2.15. The molecule has 0 saturated heterocycles. The van der Waals surface area contributed by atoms with Crippen LogP contribution in [0.5, 0.6) is 5.75 Å². The van der Waals surface area contributed by atoms with E-state index in [1.54, 1.807) is 6.07 Å². The fraction of sp³-hybridized carbons (Fsp3) is 0.133. The predicted octanol–water partition coefficient (Wildman–Crippen LogP) is 3.00. The summed E-state index contributed by atoms with van der Waals surface area (Å²) in [5, 5.41) is 11.1. The van der Waals surface area contributed by atoms with Gasteiger partial charge in [-0.3, -0.25) is 0 Å². The molecule has 0 amide bonds. The van der Waals surface area contributed by atoms with Crippen LogP contribution in [0.3, 0.4) is 0 Å². The van der Waals surface area contributed by atoms with E-state index < -0.39 is 0 Å². The van der Waals surface area contributed by atoms with E-state index in [4.69, 9.17) is 0 Å². The average Bonchev–Trinajstić information content (AvgIpc) is 2.85. The Balaban J connectivity index is 2.08. The van der Waals surface area contributed by atoms with Gasteiger partial charge < -0.3 is 15.0 Å². The summed E-state index contributed by atoms with van der Waals surface area (Å²) in [6.07, 6.45) is 3.68. The molecule has 2 N–H and O–H groups in total. The molecule has 0 aliphatic heterocycles. The third-order valence-corrected chi connectivity index (χ3v) is 3.19. The molecular weight excluding hydrogens is 238 g/mol. The minimum Gasteiger partial charge on any atom is -0.506 e. The topological polar surface area (TPSA) is 52.2 Å². The van der Waals surface area contributed by atoms with Crippen LogP contribution >= 0.6 is 0 Å². The Kier molecular flexibility index (Phi) is 2.63. The van der Waals surface area contributed by atoms with E-state index in [1.807, 2.05) is 49.6 Å². The smallest absolute Gasteiger partial charge is 0.139 e. The van der Waals surface area contributed by atoms with Crippen molar-refractivity contribution in [3.63, 3.8) is 0 Å². The molecule has 96 valence electrons. The summed E-state index contributed by atoms with van der Waals surface area (Å²) in [4.78, 5) is 9.31. The molecule has 0 atom stereocenters. The number of benzene rings is 1. The summed E-state index contributed by atoms with van der Waals surface area (Å²) in [6.45, 7) is 0. The molecule has 0 radical (unpaired) electrons. The van der Waals surface area contributed by atoms with Gasteiger partial charge in [-0.1, -0.05) is 6.07 Å². The van der Waals surface area contributed by atoms with Crippen molar-refractivity contribution < 1.29 is 5.11 Å². The SMILES string of the molecule is CN(C)c1ccc(-c2cnc3[nH]ccc3c2)cc1O. The Labute approximate surface area is 111 Å². The molecule has 4 nitrogen and oxygen atoms in total. The first-order chi connectivity index (χ1) is 9.15. The highest BCUT2D eigenvalue weighted by Gasteiger charge is 2.07. The summed E-state index contributed by atoms with van der Waals surface area (Å²) in [7, 11) is 3.81. The van der Waals surface area contributed by atoms with Gasteiger partial charge in [-0.25, -0.2) is 4.98 Å². The molecule has 0 fully saturated rings. The van der Waals surface area contributed by atoms with Gasteiger partial charge in [0.1, 0.15) is 11.4 Å². The van der Waals surface area contributed by atoms with Crippen molar-refractivity contribution in [3.8, 4) is 16.9 Å². The van der Waals surface area contributed by atoms with E-state index >= 15 is 0 Å². The first-order valence-electron chi connectivity index (χ1n) is 6.09. The summed E-state index contributed by atoms with van der Waals surface area (Å²) in [5.41, 5.74) is 3.63. The van der Waals surface area contributed by atoms with Crippen LogP contribution in [-0.2, 0) is 0 Å². The maximum Gasteiger partial charge on any atom is 0.139 e. The minimum atomic E-state index is 0.275. The van der Waals surface area contributed by atoms with Crippen molar-refractivity contribution >= 4 is 16.7 Å². The van der Waals surface area contributed by atoms with Crippen molar-refractivity contribution in [2.45, 2.75) is 0 Å². The second-order valence-electron chi connectivity index (χ2n) is 4.74. The molecule has 0 aliphatic rings. The molecule has 0 spiro atoms. The van der Waals surface area contributed by atoms with Gasteiger partial charge in [0, 0.05) is 37.4 Å². The van der Waals surface area contributed by atoms with Crippen LogP contribution in [0.15, 0.2) is 42.7 Å². The number of phenolic OH excluding ortho intramolecular Hbond substituents is 1. The fourth-order valence-corrected chi connectivity index (χ4v) is 2.18. The molecule has 19 heavy (non-hydrogen) atoms. The van der Waals surface area contributed by atoms with Crippen LogP contribution in [0.1, 0.15) is 0 Å². The van der Waals surface area contributed by atoms with E-state index in [0.717, 1.165) is 27.8 Å². The van der Waals surface area contributed by atoms with Gasteiger partial charge in [0.25, 0.3) is 0 Å². The molecular formula is C15H15N3O. The number of hydrogen-bond acceptors (Lipinski definition) is 3. The molecule has 0 unspecified atom stereocenters. The number of anilines is 1. The highest BCUT2D eigenvalue weighted by molar-refractivity contribution is 5.82. The van der Waals surface area contributed by atoms with Crippen molar-refractivity contribution in [2.24, 2.45) is 0 Å². The average molecular weight is 253 g/mol. The van der Waals surface area contributed by atoms with E-state index in [-0.39, 0.29) is 5.75 Å². The summed E-state index contributed by atoms with van der Waals surface area (Å²) >= 11 is 0. The number of nitrogens with one attached hydrogen (secondary N) is 1. The second-order valence-corrected chi connectivity index (χ2v) is 4.74. The lowest BCUT2D eigenvalue weighted by molar-refractivity contribution is 0.476. The summed E-state index contributed by atoms with van der Waals surface area (Å²) < 4.78 is 0. The molecule has 0 saturated carbocycles. The number of H-pyrrole nitrogens is 1. The lowest BCUT2D eigenvalue weighted by Crippen LogP contribution is -2.08. The molecule has 2 heterocycles. The number of aromatic hydroxyl groups is 1. The van der Waals surface area contributed by atoms with Gasteiger partial charge in [0.05, 0.1) is 5.69 Å². The molecule has 0 aliphatic carbocycles. The zero-order chi connectivity index (χ0) is 13.4. The number of phenols is 1. The number of pyridine rings is 1. The third-order valence-electron chi connectivity index (χ3n) is 3.19. The molecule has 3 aromatic rings. The number of aromatic nitrogens is 2. The van der Waals surface area contributed by atoms with E-state index in [0.29, 0.717) is 0 Å². The van der Waals surface area contributed by atoms with Gasteiger partial charge in [-0.15, -0.1) is 0 Å². The molecule has 1 aromatic carbocycles. The quantitative estimate of drug-likeness (QED) is 0.738. The van der Waals surface area contributed by atoms with Crippen LogP contribution in [0.25, 0.3) is 22.2 Å². The summed E-state index contributed by atoms with van der Waals surface area (Å²) in [5.74, 6) is 0.275. The first-order valence-corrected chi connectivity index (χ1v) is 6.09. The Morgan fingerprint density at radius 1 is 1.11 bits per heavy atom. The van der Waals surface area contributed by atoms with E-state index in [1.165, 1.54) is 0 Å². The third kappa shape index (κ3) is 2.01. The number of aromatic amines is 1. The van der Waals surface area contributed by atoms with Gasteiger partial charge in [-0.05, 0) is 29.8 Å². The standard InChI is InChI=1S/C15H15N3O/c1-18(2)13-4-3-10(8-14(13)19)12-7-11-5-6-16-15(11)17-9-12/h3-9,19H,1-2H3,(H,16,17). The lowest BCUT2D eigenvalue weighted by atomic mass is 10.1. The van der Waals surface area contributed by atoms with Gasteiger partial charge in [-0.2, -0.15) is 0 Å².